The molecule has 34 heavy (non-hydrogen) atoms. The van der Waals surface area contributed by atoms with E-state index in [0.29, 0.717) is 13.0 Å². The summed E-state index contributed by atoms with van der Waals surface area (Å²) in [7, 11) is 1.58. The number of ether oxygens (including phenoxy) is 1. The van der Waals surface area contributed by atoms with Crippen molar-refractivity contribution in [3.63, 3.8) is 0 Å². The second-order valence-corrected chi connectivity index (χ2v) is 8.88. The normalized spacial score (nSPS) is 18.1. The Morgan fingerprint density at radius 2 is 1.91 bits per heavy atom. The van der Waals surface area contributed by atoms with Crippen molar-refractivity contribution in [3.05, 3.63) is 71.2 Å². The molecule has 1 atom stereocenters. The Hall–Kier alpha value is -3.52. The van der Waals surface area contributed by atoms with Crippen LogP contribution < -0.4 is 5.32 Å². The molecule has 1 aromatic carbocycles. The number of imide groups is 1. The first-order valence-electron chi connectivity index (χ1n) is 11.5. The molecule has 178 valence electrons. The van der Waals surface area contributed by atoms with E-state index in [1.807, 2.05) is 67.0 Å². The molecule has 3 aromatic rings. The molecule has 4 rings (SSSR count). The summed E-state index contributed by atoms with van der Waals surface area (Å²) in [4.78, 5) is 45.5. The van der Waals surface area contributed by atoms with E-state index in [9.17, 15) is 14.4 Å². The number of likely N-dealkylation sites (tertiary alicyclic amines) is 1. The maximum Gasteiger partial charge on any atom is 0.240 e. The molecule has 1 aliphatic rings. The van der Waals surface area contributed by atoms with Crippen molar-refractivity contribution in [3.8, 4) is 0 Å². The minimum absolute atomic E-state index is 0.0232. The van der Waals surface area contributed by atoms with Crippen molar-refractivity contribution < 1.29 is 19.1 Å². The van der Waals surface area contributed by atoms with Crippen LogP contribution in [-0.2, 0) is 31.1 Å². The van der Waals surface area contributed by atoms with Crippen LogP contribution in [0.3, 0.4) is 0 Å². The van der Waals surface area contributed by atoms with Gasteiger partial charge in [0, 0.05) is 45.5 Å². The molecule has 1 saturated heterocycles. The van der Waals surface area contributed by atoms with Gasteiger partial charge in [0.05, 0.1) is 17.7 Å². The van der Waals surface area contributed by atoms with Gasteiger partial charge in [-0.3, -0.25) is 19.3 Å². The summed E-state index contributed by atoms with van der Waals surface area (Å²) in [6.07, 6.45) is 4.22. The lowest BCUT2D eigenvalue weighted by Crippen LogP contribution is -2.43. The summed E-state index contributed by atoms with van der Waals surface area (Å²) < 4.78 is 6.99. The molecule has 3 amide bonds. The standard InChI is InChI=1S/C26H30N4O4/c1-18-8-4-5-10-21(18)26(15-23(32)30(25(26)33)12-7-13-34-3)14-22(31)27-16-20-17-29-11-6-9-19(2)24(29)28-20/h4-6,8-11,17H,7,12-16H2,1-3H3,(H,27,31). The number of carbonyl (C=O) groups is 3. The van der Waals surface area contributed by atoms with Gasteiger partial charge in [-0.15, -0.1) is 0 Å². The van der Waals surface area contributed by atoms with Crippen LogP contribution in [0.25, 0.3) is 5.65 Å². The van der Waals surface area contributed by atoms with Crippen molar-refractivity contribution in [2.45, 2.75) is 45.1 Å². The molecule has 0 saturated carbocycles. The van der Waals surface area contributed by atoms with Gasteiger partial charge in [0.2, 0.25) is 17.7 Å². The Bertz CT molecular complexity index is 1230. The van der Waals surface area contributed by atoms with Crippen LogP contribution in [0.15, 0.2) is 48.8 Å². The zero-order valence-electron chi connectivity index (χ0n) is 19.8. The summed E-state index contributed by atoms with van der Waals surface area (Å²) in [5.74, 6) is -0.869. The Kier molecular flexibility index (Phi) is 6.79. The molecule has 1 unspecified atom stereocenters. The van der Waals surface area contributed by atoms with Crippen LogP contribution in [0.1, 0.15) is 41.6 Å². The highest BCUT2D eigenvalue weighted by molar-refractivity contribution is 6.10. The Morgan fingerprint density at radius 3 is 2.65 bits per heavy atom. The minimum Gasteiger partial charge on any atom is -0.385 e. The molecule has 1 N–H and O–H groups in total. The number of hydrogen-bond acceptors (Lipinski definition) is 5. The smallest absolute Gasteiger partial charge is 0.240 e. The average Bonchev–Trinajstić information content (AvgIpc) is 3.33. The quantitative estimate of drug-likeness (QED) is 0.390. The van der Waals surface area contributed by atoms with E-state index in [1.54, 1.807) is 7.11 Å². The number of fused-ring (bicyclic) bond motifs is 1. The van der Waals surface area contributed by atoms with Crippen LogP contribution in [0.4, 0.5) is 0 Å². The molecule has 8 nitrogen and oxygen atoms in total. The summed E-state index contributed by atoms with van der Waals surface area (Å²) in [5.41, 5.74) is 3.00. The van der Waals surface area contributed by atoms with Crippen LogP contribution in [0.5, 0.6) is 0 Å². The van der Waals surface area contributed by atoms with Crippen LogP contribution in [-0.4, -0.2) is 52.3 Å². The van der Waals surface area contributed by atoms with Gasteiger partial charge >= 0.3 is 0 Å². The third-order valence-corrected chi connectivity index (χ3v) is 6.46. The molecular formula is C26H30N4O4. The predicted molar refractivity (Wildman–Crippen MR) is 127 cm³/mol. The molecule has 1 fully saturated rings. The fourth-order valence-electron chi connectivity index (χ4n) is 4.76. The number of aryl methyl sites for hydroxylation is 2. The summed E-state index contributed by atoms with van der Waals surface area (Å²) in [6, 6.07) is 11.4. The number of hydrogen-bond donors (Lipinski definition) is 1. The third-order valence-electron chi connectivity index (χ3n) is 6.46. The highest BCUT2D eigenvalue weighted by Crippen LogP contribution is 2.41. The number of rotatable bonds is 9. The van der Waals surface area contributed by atoms with Crippen molar-refractivity contribution in [2.75, 3.05) is 20.3 Å². The molecule has 0 radical (unpaired) electrons. The lowest BCUT2D eigenvalue weighted by atomic mass is 9.74. The van der Waals surface area contributed by atoms with Gasteiger partial charge in [0.1, 0.15) is 5.65 Å². The first-order chi connectivity index (χ1) is 16.4. The van der Waals surface area contributed by atoms with Gasteiger partial charge in [-0.25, -0.2) is 4.98 Å². The molecule has 2 aromatic heterocycles. The molecule has 0 bridgehead atoms. The number of amides is 3. The van der Waals surface area contributed by atoms with Gasteiger partial charge in [-0.1, -0.05) is 30.3 Å². The molecule has 0 spiro atoms. The van der Waals surface area contributed by atoms with Crippen LogP contribution in [0.2, 0.25) is 0 Å². The highest BCUT2D eigenvalue weighted by atomic mass is 16.5. The zero-order valence-corrected chi connectivity index (χ0v) is 19.8. The number of carbonyl (C=O) groups excluding carboxylic acids is 3. The van der Waals surface area contributed by atoms with Crippen molar-refractivity contribution >= 4 is 23.4 Å². The maximum absolute atomic E-state index is 13.6. The number of pyridine rings is 1. The molecule has 8 heteroatoms. The minimum atomic E-state index is -1.21. The van der Waals surface area contributed by atoms with Gasteiger partial charge in [0.25, 0.3) is 0 Å². The number of nitrogens with zero attached hydrogens (tertiary/aromatic N) is 3. The maximum atomic E-state index is 13.6. The number of aromatic nitrogens is 2. The summed E-state index contributed by atoms with van der Waals surface area (Å²) >= 11 is 0. The first kappa shape index (κ1) is 23.6. The molecule has 0 aliphatic carbocycles. The van der Waals surface area contributed by atoms with E-state index in [4.69, 9.17) is 4.74 Å². The topological polar surface area (TPSA) is 93.0 Å². The van der Waals surface area contributed by atoms with Gasteiger partial charge in [0.15, 0.2) is 0 Å². The highest BCUT2D eigenvalue weighted by Gasteiger charge is 2.53. The first-order valence-corrected chi connectivity index (χ1v) is 11.5. The van der Waals surface area contributed by atoms with E-state index in [2.05, 4.69) is 10.3 Å². The van der Waals surface area contributed by atoms with Gasteiger partial charge in [-0.05, 0) is 43.0 Å². The molecule has 1 aliphatic heterocycles. The zero-order chi connectivity index (χ0) is 24.3. The Balaban J connectivity index is 1.55. The molecular weight excluding hydrogens is 432 g/mol. The largest absolute Gasteiger partial charge is 0.385 e. The fraction of sp³-hybridized carbons (Fsp3) is 0.385. The van der Waals surface area contributed by atoms with Crippen molar-refractivity contribution in [2.24, 2.45) is 0 Å². The Labute approximate surface area is 198 Å². The van der Waals surface area contributed by atoms with E-state index >= 15 is 0 Å². The predicted octanol–water partition coefficient (Wildman–Crippen LogP) is 2.69. The third kappa shape index (κ3) is 4.46. The lowest BCUT2D eigenvalue weighted by molar-refractivity contribution is -0.141. The van der Waals surface area contributed by atoms with Gasteiger partial charge in [-0.2, -0.15) is 0 Å². The SMILES string of the molecule is COCCCN1C(=O)CC(CC(=O)NCc2cn3cccc(C)c3n2)(c2ccccc2C)C1=O. The average molecular weight is 463 g/mol. The van der Waals surface area contributed by atoms with E-state index < -0.39 is 5.41 Å². The lowest BCUT2D eigenvalue weighted by Gasteiger charge is -2.28. The van der Waals surface area contributed by atoms with Crippen LogP contribution in [0, 0.1) is 13.8 Å². The van der Waals surface area contributed by atoms with E-state index in [-0.39, 0.29) is 43.7 Å². The second-order valence-electron chi connectivity index (χ2n) is 8.88. The van der Waals surface area contributed by atoms with E-state index in [0.717, 1.165) is 28.0 Å². The van der Waals surface area contributed by atoms with Crippen LogP contribution >= 0.6 is 0 Å². The monoisotopic (exact) mass is 462 g/mol. The number of nitrogens with one attached hydrogen (secondary N) is 1. The molecule has 3 heterocycles. The van der Waals surface area contributed by atoms with Crippen molar-refractivity contribution in [1.29, 1.82) is 0 Å². The number of methoxy groups -OCH3 is 1. The second kappa shape index (κ2) is 9.77. The number of benzene rings is 1. The number of imidazole rings is 1. The fourth-order valence-corrected chi connectivity index (χ4v) is 4.76. The Morgan fingerprint density at radius 1 is 1.15 bits per heavy atom. The van der Waals surface area contributed by atoms with Crippen molar-refractivity contribution in [1.82, 2.24) is 19.6 Å². The summed E-state index contributed by atoms with van der Waals surface area (Å²) in [5, 5.41) is 2.91. The van der Waals surface area contributed by atoms with Gasteiger partial charge < -0.3 is 14.5 Å². The summed E-state index contributed by atoms with van der Waals surface area (Å²) in [6.45, 7) is 4.86. The van der Waals surface area contributed by atoms with E-state index in [1.165, 1.54) is 4.90 Å².